The average Bonchev–Trinajstić information content (AvgIpc) is 2.28. The Morgan fingerprint density at radius 2 is 1.89 bits per heavy atom. The molecule has 4 nitrogen and oxygen atoms in total. The summed E-state index contributed by atoms with van der Waals surface area (Å²) in [5.41, 5.74) is 6.54. The molecular weight excluding hydrogens is 228 g/mol. The monoisotopic (exact) mass is 250 g/mol. The maximum Gasteiger partial charge on any atom is 0.222 e. The van der Waals surface area contributed by atoms with E-state index in [0.717, 1.165) is 5.56 Å². The van der Waals surface area contributed by atoms with Gasteiger partial charge in [-0.1, -0.05) is 12.1 Å². The molecule has 0 aliphatic heterocycles. The van der Waals surface area contributed by atoms with Crippen molar-refractivity contribution in [3.05, 3.63) is 29.8 Å². The lowest BCUT2D eigenvalue weighted by molar-refractivity contribution is -0.130. The molecule has 0 radical (unpaired) electrons. The fourth-order valence-electron chi connectivity index (χ4n) is 1.58. The van der Waals surface area contributed by atoms with Crippen LogP contribution in [0.2, 0.25) is 0 Å². The number of aromatic hydroxyl groups is 1. The maximum atomic E-state index is 11.9. The SMILES string of the molecule is CN(Cc1ccc(O)cc1)C(=O)CCC(C)(C)N. The standard InChI is InChI=1S/C14H22N2O2/c1-14(2,15)9-8-13(18)16(3)10-11-4-6-12(17)7-5-11/h4-7,17H,8-10,15H2,1-3H3. The van der Waals surface area contributed by atoms with Gasteiger partial charge in [-0.2, -0.15) is 0 Å². The molecule has 0 fully saturated rings. The number of phenols is 1. The summed E-state index contributed by atoms with van der Waals surface area (Å²) in [4.78, 5) is 13.6. The second-order valence-electron chi connectivity index (χ2n) is 5.40. The van der Waals surface area contributed by atoms with Crippen LogP contribution in [0, 0.1) is 0 Å². The van der Waals surface area contributed by atoms with E-state index in [1.807, 2.05) is 26.0 Å². The molecule has 3 N–H and O–H groups in total. The van der Waals surface area contributed by atoms with E-state index >= 15 is 0 Å². The first-order chi connectivity index (χ1) is 8.28. The van der Waals surface area contributed by atoms with Crippen molar-refractivity contribution >= 4 is 5.91 Å². The van der Waals surface area contributed by atoms with Gasteiger partial charge in [0.25, 0.3) is 0 Å². The van der Waals surface area contributed by atoms with Crippen LogP contribution < -0.4 is 5.73 Å². The molecule has 0 saturated carbocycles. The Hall–Kier alpha value is -1.55. The van der Waals surface area contributed by atoms with Crippen LogP contribution in [0.15, 0.2) is 24.3 Å². The molecule has 0 aliphatic rings. The number of nitrogens with zero attached hydrogens (tertiary/aromatic N) is 1. The van der Waals surface area contributed by atoms with Gasteiger partial charge in [-0.05, 0) is 38.0 Å². The van der Waals surface area contributed by atoms with Gasteiger partial charge in [0.15, 0.2) is 0 Å². The van der Waals surface area contributed by atoms with Crippen molar-refractivity contribution < 1.29 is 9.90 Å². The predicted molar refractivity (Wildman–Crippen MR) is 72.1 cm³/mol. The summed E-state index contributed by atoms with van der Waals surface area (Å²) in [6.07, 6.45) is 1.13. The third-order valence-corrected chi connectivity index (χ3v) is 2.77. The summed E-state index contributed by atoms with van der Waals surface area (Å²) in [7, 11) is 1.78. The third kappa shape index (κ3) is 5.19. The van der Waals surface area contributed by atoms with E-state index in [9.17, 15) is 9.90 Å². The van der Waals surface area contributed by atoms with Gasteiger partial charge in [-0.15, -0.1) is 0 Å². The average molecular weight is 250 g/mol. The molecule has 100 valence electrons. The van der Waals surface area contributed by atoms with E-state index in [1.54, 1.807) is 24.1 Å². The molecule has 0 heterocycles. The molecule has 0 unspecified atom stereocenters. The first-order valence-corrected chi connectivity index (χ1v) is 6.09. The van der Waals surface area contributed by atoms with E-state index in [4.69, 9.17) is 5.73 Å². The number of nitrogens with two attached hydrogens (primary N) is 1. The first-order valence-electron chi connectivity index (χ1n) is 6.09. The fraction of sp³-hybridized carbons (Fsp3) is 0.500. The van der Waals surface area contributed by atoms with Crippen molar-refractivity contribution in [2.45, 2.75) is 38.8 Å². The Labute approximate surface area is 108 Å². The van der Waals surface area contributed by atoms with Gasteiger partial charge in [-0.25, -0.2) is 0 Å². The van der Waals surface area contributed by atoms with Gasteiger partial charge in [0.05, 0.1) is 0 Å². The Kier molecular flexibility index (Phi) is 4.73. The van der Waals surface area contributed by atoms with Crippen molar-refractivity contribution in [2.24, 2.45) is 5.73 Å². The quantitative estimate of drug-likeness (QED) is 0.838. The van der Waals surface area contributed by atoms with E-state index in [0.29, 0.717) is 19.4 Å². The highest BCUT2D eigenvalue weighted by Gasteiger charge is 2.15. The molecule has 0 bridgehead atoms. The lowest BCUT2D eigenvalue weighted by Gasteiger charge is -2.21. The van der Waals surface area contributed by atoms with Crippen LogP contribution in [0.25, 0.3) is 0 Å². The lowest BCUT2D eigenvalue weighted by Crippen LogP contribution is -2.34. The molecule has 1 aromatic rings. The van der Waals surface area contributed by atoms with Crippen LogP contribution in [0.3, 0.4) is 0 Å². The van der Waals surface area contributed by atoms with Gasteiger partial charge >= 0.3 is 0 Å². The molecule has 4 heteroatoms. The van der Waals surface area contributed by atoms with Gasteiger partial charge < -0.3 is 15.7 Å². The van der Waals surface area contributed by atoms with Crippen LogP contribution in [0.5, 0.6) is 5.75 Å². The van der Waals surface area contributed by atoms with Gasteiger partial charge in [0, 0.05) is 25.6 Å². The normalized spacial score (nSPS) is 11.3. The number of carbonyl (C=O) groups is 1. The van der Waals surface area contributed by atoms with E-state index in [-0.39, 0.29) is 17.2 Å². The molecule has 0 spiro atoms. The number of amides is 1. The summed E-state index contributed by atoms with van der Waals surface area (Å²) >= 11 is 0. The molecule has 0 aliphatic carbocycles. The van der Waals surface area contributed by atoms with E-state index in [2.05, 4.69) is 0 Å². The Balaban J connectivity index is 2.47. The van der Waals surface area contributed by atoms with Crippen LogP contribution in [-0.4, -0.2) is 28.5 Å². The first kappa shape index (κ1) is 14.5. The van der Waals surface area contributed by atoms with Crippen LogP contribution in [-0.2, 0) is 11.3 Å². The lowest BCUT2D eigenvalue weighted by atomic mass is 10.00. The fourth-order valence-corrected chi connectivity index (χ4v) is 1.58. The molecule has 1 amide bonds. The number of carbonyl (C=O) groups excluding carboxylic acids is 1. The minimum absolute atomic E-state index is 0.0848. The van der Waals surface area contributed by atoms with Gasteiger partial charge in [-0.3, -0.25) is 4.79 Å². The molecule has 0 aromatic heterocycles. The van der Waals surface area contributed by atoms with Crippen LogP contribution in [0.4, 0.5) is 0 Å². The van der Waals surface area contributed by atoms with Gasteiger partial charge in [0.2, 0.25) is 5.91 Å². The molecule has 1 rings (SSSR count). The topological polar surface area (TPSA) is 66.6 Å². The minimum Gasteiger partial charge on any atom is -0.508 e. The summed E-state index contributed by atoms with van der Waals surface area (Å²) in [5.74, 6) is 0.319. The highest BCUT2D eigenvalue weighted by molar-refractivity contribution is 5.75. The number of phenolic OH excluding ortho intramolecular Hbond substituents is 1. The zero-order valence-electron chi connectivity index (χ0n) is 11.3. The van der Waals surface area contributed by atoms with Crippen molar-refractivity contribution in [1.82, 2.24) is 4.90 Å². The summed E-state index contributed by atoms with van der Waals surface area (Å²) in [6.45, 7) is 4.38. The Bertz CT molecular complexity index is 393. The van der Waals surface area contributed by atoms with E-state index < -0.39 is 0 Å². The second kappa shape index (κ2) is 5.87. The Morgan fingerprint density at radius 1 is 1.33 bits per heavy atom. The molecule has 0 saturated heterocycles. The molecule has 18 heavy (non-hydrogen) atoms. The molecular formula is C14H22N2O2. The highest BCUT2D eigenvalue weighted by Crippen LogP contribution is 2.13. The number of hydrogen-bond acceptors (Lipinski definition) is 3. The van der Waals surface area contributed by atoms with Gasteiger partial charge in [0.1, 0.15) is 5.75 Å². The third-order valence-electron chi connectivity index (χ3n) is 2.77. The van der Waals surface area contributed by atoms with Crippen molar-refractivity contribution in [3.8, 4) is 5.75 Å². The highest BCUT2D eigenvalue weighted by atomic mass is 16.3. The molecule has 1 aromatic carbocycles. The van der Waals surface area contributed by atoms with Crippen molar-refractivity contribution in [3.63, 3.8) is 0 Å². The van der Waals surface area contributed by atoms with E-state index in [1.165, 1.54) is 0 Å². The van der Waals surface area contributed by atoms with Crippen molar-refractivity contribution in [1.29, 1.82) is 0 Å². The largest absolute Gasteiger partial charge is 0.508 e. The zero-order valence-corrected chi connectivity index (χ0v) is 11.3. The van der Waals surface area contributed by atoms with Crippen LogP contribution in [0.1, 0.15) is 32.3 Å². The predicted octanol–water partition coefficient (Wildman–Crippen LogP) is 1.87. The second-order valence-corrected chi connectivity index (χ2v) is 5.40. The minimum atomic E-state index is -0.310. The Morgan fingerprint density at radius 3 is 2.39 bits per heavy atom. The van der Waals surface area contributed by atoms with Crippen LogP contribution >= 0.6 is 0 Å². The number of benzene rings is 1. The number of rotatable bonds is 5. The number of hydrogen-bond donors (Lipinski definition) is 2. The smallest absolute Gasteiger partial charge is 0.222 e. The summed E-state index contributed by atoms with van der Waals surface area (Å²) in [5, 5.41) is 9.18. The maximum absolute atomic E-state index is 11.9. The van der Waals surface area contributed by atoms with Crippen molar-refractivity contribution in [2.75, 3.05) is 7.05 Å². The summed E-state index contributed by atoms with van der Waals surface area (Å²) in [6, 6.07) is 6.87. The molecule has 0 atom stereocenters. The summed E-state index contributed by atoms with van der Waals surface area (Å²) < 4.78 is 0. The zero-order chi connectivity index (χ0) is 13.8.